The van der Waals surface area contributed by atoms with Crippen LogP contribution in [-0.4, -0.2) is 30.2 Å². The average Bonchev–Trinajstić information content (AvgIpc) is 2.81. The highest BCUT2D eigenvalue weighted by molar-refractivity contribution is 6.00. The molecule has 3 aromatic carbocycles. The van der Waals surface area contributed by atoms with Gasteiger partial charge in [-0.05, 0) is 60.9 Å². The van der Waals surface area contributed by atoms with Crippen molar-refractivity contribution in [2.75, 3.05) is 30.2 Å². The summed E-state index contributed by atoms with van der Waals surface area (Å²) in [5, 5.41) is 9.95. The first-order valence-corrected chi connectivity index (χ1v) is 10.8. The zero-order chi connectivity index (χ0) is 24.1. The quantitative estimate of drug-likeness (QED) is 0.338. The smallest absolute Gasteiger partial charge is 0.323 e. The molecule has 3 N–H and O–H groups in total. The molecule has 0 unspecified atom stereocenters. The molecule has 0 bridgehead atoms. The Morgan fingerprint density at radius 2 is 1.56 bits per heavy atom. The molecule has 0 saturated carbocycles. The monoisotopic (exact) mass is 457 g/mol. The highest BCUT2D eigenvalue weighted by atomic mass is 16.5. The molecule has 2 amide bonds. The number of nitrogens with one attached hydrogen (secondary N) is 3. The van der Waals surface area contributed by atoms with Crippen LogP contribution < -0.4 is 25.4 Å². The Hall–Kier alpha value is -4.33. The number of rotatable bonds is 7. The molecule has 174 valence electrons. The van der Waals surface area contributed by atoms with Crippen LogP contribution in [0.4, 0.5) is 22.0 Å². The zero-order valence-corrected chi connectivity index (χ0v) is 19.6. The van der Waals surface area contributed by atoms with Gasteiger partial charge in [-0.15, -0.1) is 0 Å². The molecule has 0 saturated heterocycles. The van der Waals surface area contributed by atoms with Gasteiger partial charge in [0, 0.05) is 29.4 Å². The van der Waals surface area contributed by atoms with Crippen molar-refractivity contribution in [2.45, 2.75) is 20.4 Å². The fourth-order valence-electron chi connectivity index (χ4n) is 3.81. The van der Waals surface area contributed by atoms with E-state index < -0.39 is 0 Å². The molecule has 0 aliphatic rings. The van der Waals surface area contributed by atoms with Gasteiger partial charge in [0.25, 0.3) is 0 Å². The summed E-state index contributed by atoms with van der Waals surface area (Å²) >= 11 is 0. The predicted molar refractivity (Wildman–Crippen MR) is 135 cm³/mol. The van der Waals surface area contributed by atoms with Crippen molar-refractivity contribution >= 4 is 34.1 Å². The molecule has 8 heteroatoms. The van der Waals surface area contributed by atoms with Gasteiger partial charge in [0.15, 0.2) is 11.5 Å². The van der Waals surface area contributed by atoms with Gasteiger partial charge in [-0.1, -0.05) is 18.2 Å². The molecule has 34 heavy (non-hydrogen) atoms. The summed E-state index contributed by atoms with van der Waals surface area (Å²) in [5.41, 5.74) is 5.37. The van der Waals surface area contributed by atoms with Gasteiger partial charge in [0.2, 0.25) is 0 Å². The number of benzene rings is 3. The number of hydrogen-bond acceptors (Lipinski definition) is 6. The second-order valence-corrected chi connectivity index (χ2v) is 7.96. The van der Waals surface area contributed by atoms with Gasteiger partial charge in [-0.3, -0.25) is 0 Å². The van der Waals surface area contributed by atoms with Crippen LogP contribution in [0.5, 0.6) is 11.5 Å². The van der Waals surface area contributed by atoms with E-state index in [1.807, 2.05) is 62.4 Å². The van der Waals surface area contributed by atoms with Gasteiger partial charge in [-0.25, -0.2) is 14.8 Å². The zero-order valence-electron chi connectivity index (χ0n) is 19.6. The van der Waals surface area contributed by atoms with Gasteiger partial charge < -0.3 is 25.4 Å². The van der Waals surface area contributed by atoms with Gasteiger partial charge in [0.1, 0.15) is 12.1 Å². The SMILES string of the molecule is COc1cc2ncnc(NCc3cccc(NC(=O)Nc4cc(C)cc(C)c4)c3)c2cc1OC. The van der Waals surface area contributed by atoms with Gasteiger partial charge in [0.05, 0.1) is 19.7 Å². The minimum atomic E-state index is -0.294. The van der Waals surface area contributed by atoms with Crippen molar-refractivity contribution in [3.8, 4) is 11.5 Å². The van der Waals surface area contributed by atoms with E-state index in [1.54, 1.807) is 14.2 Å². The van der Waals surface area contributed by atoms with E-state index in [-0.39, 0.29) is 6.03 Å². The third-order valence-electron chi connectivity index (χ3n) is 5.27. The van der Waals surface area contributed by atoms with Crippen molar-refractivity contribution in [1.29, 1.82) is 0 Å². The Labute approximate surface area is 198 Å². The second kappa shape index (κ2) is 10.1. The third kappa shape index (κ3) is 5.35. The number of fused-ring (bicyclic) bond motifs is 1. The molecule has 4 rings (SSSR count). The molecule has 0 spiro atoms. The molecule has 0 aliphatic heterocycles. The van der Waals surface area contributed by atoms with Crippen LogP contribution in [-0.2, 0) is 6.54 Å². The Bertz CT molecular complexity index is 1320. The van der Waals surface area contributed by atoms with Crippen molar-refractivity contribution in [3.05, 3.63) is 77.6 Å². The number of methoxy groups -OCH3 is 2. The molecule has 0 fully saturated rings. The van der Waals surface area contributed by atoms with Crippen LogP contribution >= 0.6 is 0 Å². The lowest BCUT2D eigenvalue weighted by molar-refractivity contribution is 0.262. The number of nitrogens with zero attached hydrogens (tertiary/aromatic N) is 2. The fourth-order valence-corrected chi connectivity index (χ4v) is 3.81. The third-order valence-corrected chi connectivity index (χ3v) is 5.27. The maximum absolute atomic E-state index is 12.5. The summed E-state index contributed by atoms with van der Waals surface area (Å²) < 4.78 is 10.8. The molecule has 0 aliphatic carbocycles. The summed E-state index contributed by atoms with van der Waals surface area (Å²) in [6.45, 7) is 4.51. The maximum atomic E-state index is 12.5. The molecular weight excluding hydrogens is 430 g/mol. The van der Waals surface area contributed by atoms with E-state index in [0.29, 0.717) is 29.5 Å². The summed E-state index contributed by atoms with van der Waals surface area (Å²) in [6, 6.07) is 17.0. The molecule has 0 radical (unpaired) electrons. The first kappa shape index (κ1) is 22.8. The van der Waals surface area contributed by atoms with Gasteiger partial charge >= 0.3 is 6.03 Å². The number of amides is 2. The molecule has 1 aromatic heterocycles. The summed E-state index contributed by atoms with van der Waals surface area (Å²) in [4.78, 5) is 21.2. The van der Waals surface area contributed by atoms with Gasteiger partial charge in [-0.2, -0.15) is 0 Å². The molecule has 4 aromatic rings. The van der Waals surface area contributed by atoms with Crippen molar-refractivity contribution in [2.24, 2.45) is 0 Å². The Morgan fingerprint density at radius 3 is 2.29 bits per heavy atom. The maximum Gasteiger partial charge on any atom is 0.323 e. The number of ether oxygens (including phenoxy) is 2. The highest BCUT2D eigenvalue weighted by Gasteiger charge is 2.11. The lowest BCUT2D eigenvalue weighted by Crippen LogP contribution is -2.19. The van der Waals surface area contributed by atoms with Crippen LogP contribution in [0, 0.1) is 13.8 Å². The Morgan fingerprint density at radius 1 is 0.853 bits per heavy atom. The van der Waals surface area contributed by atoms with Crippen LogP contribution in [0.25, 0.3) is 10.9 Å². The van der Waals surface area contributed by atoms with Crippen molar-refractivity contribution in [3.63, 3.8) is 0 Å². The van der Waals surface area contributed by atoms with E-state index >= 15 is 0 Å². The van der Waals surface area contributed by atoms with E-state index in [2.05, 4.69) is 32.0 Å². The Balaban J connectivity index is 1.45. The molecule has 0 atom stereocenters. The summed E-state index contributed by atoms with van der Waals surface area (Å²) in [6.07, 6.45) is 1.51. The number of anilines is 3. The van der Waals surface area contributed by atoms with Crippen molar-refractivity contribution in [1.82, 2.24) is 9.97 Å². The van der Waals surface area contributed by atoms with Crippen LogP contribution in [0.2, 0.25) is 0 Å². The van der Waals surface area contributed by atoms with E-state index in [4.69, 9.17) is 9.47 Å². The number of hydrogen-bond donors (Lipinski definition) is 3. The number of urea groups is 1. The van der Waals surface area contributed by atoms with Crippen LogP contribution in [0.3, 0.4) is 0 Å². The lowest BCUT2D eigenvalue weighted by Gasteiger charge is -2.13. The van der Waals surface area contributed by atoms with Crippen LogP contribution in [0.1, 0.15) is 16.7 Å². The number of aryl methyl sites for hydroxylation is 2. The van der Waals surface area contributed by atoms with E-state index in [1.165, 1.54) is 6.33 Å². The largest absolute Gasteiger partial charge is 0.493 e. The summed E-state index contributed by atoms with van der Waals surface area (Å²) in [5.74, 6) is 1.89. The standard InChI is InChI=1S/C26H27N5O3/c1-16-8-17(2)10-20(9-16)31-26(32)30-19-7-5-6-18(11-19)14-27-25-21-12-23(33-3)24(34-4)13-22(21)28-15-29-25/h5-13,15H,14H2,1-4H3,(H,27,28,29)(H2,30,31,32). The number of carbonyl (C=O) groups excluding carboxylic acids is 1. The topological polar surface area (TPSA) is 97.4 Å². The first-order valence-electron chi connectivity index (χ1n) is 10.8. The second-order valence-electron chi connectivity index (χ2n) is 7.96. The summed E-state index contributed by atoms with van der Waals surface area (Å²) in [7, 11) is 3.18. The molecular formula is C26H27N5O3. The average molecular weight is 458 g/mol. The number of aromatic nitrogens is 2. The minimum Gasteiger partial charge on any atom is -0.493 e. The predicted octanol–water partition coefficient (Wildman–Crippen LogP) is 5.52. The molecule has 1 heterocycles. The lowest BCUT2D eigenvalue weighted by atomic mass is 10.1. The first-order chi connectivity index (χ1) is 16.4. The van der Waals surface area contributed by atoms with E-state index in [9.17, 15) is 4.79 Å². The Kier molecular flexibility index (Phi) is 6.77. The normalized spacial score (nSPS) is 10.6. The highest BCUT2D eigenvalue weighted by Crippen LogP contribution is 2.33. The molecule has 8 nitrogen and oxygen atoms in total. The minimum absolute atomic E-state index is 0.294. The number of carbonyl (C=O) groups is 1. The fraction of sp³-hybridized carbons (Fsp3) is 0.192. The van der Waals surface area contributed by atoms with E-state index in [0.717, 1.165) is 33.3 Å². The van der Waals surface area contributed by atoms with Crippen LogP contribution in [0.15, 0.2) is 60.9 Å². The van der Waals surface area contributed by atoms with Crippen molar-refractivity contribution < 1.29 is 14.3 Å².